The van der Waals surface area contributed by atoms with Crippen LogP contribution in [0.2, 0.25) is 5.02 Å². The lowest BCUT2D eigenvalue weighted by Gasteiger charge is -2.29. The van der Waals surface area contributed by atoms with Crippen LogP contribution in [-0.4, -0.2) is 61.3 Å². The Morgan fingerprint density at radius 2 is 2.16 bits per heavy atom. The zero-order valence-corrected chi connectivity index (χ0v) is 22.1. The summed E-state index contributed by atoms with van der Waals surface area (Å²) in [7, 11) is 0. The predicted molar refractivity (Wildman–Crippen MR) is 145 cm³/mol. The topological polar surface area (TPSA) is 103 Å². The second-order valence-electron chi connectivity index (χ2n) is 9.40. The molecule has 38 heavy (non-hydrogen) atoms. The van der Waals surface area contributed by atoms with Gasteiger partial charge in [-0.15, -0.1) is 0 Å². The number of carboxylic acids is 1. The highest BCUT2D eigenvalue weighted by atomic mass is 35.5. The van der Waals surface area contributed by atoms with Crippen molar-refractivity contribution in [3.8, 4) is 5.19 Å². The Morgan fingerprint density at radius 1 is 1.26 bits per heavy atom. The number of nitrogens with zero attached hydrogens (tertiary/aromatic N) is 5. The molecule has 0 bridgehead atoms. The molecule has 3 aromatic heterocycles. The molecule has 11 heteroatoms. The first kappa shape index (κ1) is 25.0. The average molecular weight is 552 g/mol. The smallest absolute Gasteiger partial charge is 0.335 e. The summed E-state index contributed by atoms with van der Waals surface area (Å²) in [5.74, 6) is -0.0120. The molecule has 1 atom stereocenters. The van der Waals surface area contributed by atoms with Crippen LogP contribution in [0.5, 0.6) is 5.19 Å². The molecular weight excluding hydrogens is 526 g/mol. The zero-order chi connectivity index (χ0) is 26.1. The van der Waals surface area contributed by atoms with Crippen molar-refractivity contribution in [3.05, 3.63) is 75.8 Å². The monoisotopic (exact) mass is 551 g/mol. The SMILES string of the molecule is O=C(O)c1ccc2nc(CN3CC=C(c4csc(OCc5ccc(Cl)cn5)n4)CC3)n(CC3CCO3)c2c1. The summed E-state index contributed by atoms with van der Waals surface area (Å²) in [6, 6.07) is 8.75. The fourth-order valence-electron chi connectivity index (χ4n) is 4.65. The van der Waals surface area contributed by atoms with E-state index in [2.05, 4.69) is 25.5 Å². The molecule has 1 aromatic carbocycles. The van der Waals surface area contributed by atoms with Gasteiger partial charge in [0.2, 0.25) is 0 Å². The van der Waals surface area contributed by atoms with Gasteiger partial charge in [0, 0.05) is 31.3 Å². The van der Waals surface area contributed by atoms with Crippen molar-refractivity contribution in [2.75, 3.05) is 19.7 Å². The van der Waals surface area contributed by atoms with Crippen LogP contribution in [0.15, 0.2) is 48.0 Å². The molecule has 6 rings (SSSR count). The van der Waals surface area contributed by atoms with E-state index in [-0.39, 0.29) is 11.7 Å². The third-order valence-electron chi connectivity index (χ3n) is 6.86. The van der Waals surface area contributed by atoms with Gasteiger partial charge in [-0.1, -0.05) is 29.0 Å². The molecule has 0 spiro atoms. The number of benzene rings is 1. The van der Waals surface area contributed by atoms with Crippen molar-refractivity contribution in [1.82, 2.24) is 24.4 Å². The summed E-state index contributed by atoms with van der Waals surface area (Å²) in [5, 5.41) is 12.7. The molecule has 1 saturated heterocycles. The second kappa shape index (κ2) is 10.8. The van der Waals surface area contributed by atoms with E-state index in [0.717, 1.165) is 60.8 Å². The van der Waals surface area contributed by atoms with Crippen molar-refractivity contribution in [3.63, 3.8) is 0 Å². The quantitative estimate of drug-likeness (QED) is 0.313. The fraction of sp³-hybridized carbons (Fsp3) is 0.333. The molecule has 1 fully saturated rings. The van der Waals surface area contributed by atoms with Gasteiger partial charge in [0.1, 0.15) is 12.4 Å². The standard InChI is InChI=1S/C27H26ClN5O4S/c28-19-2-3-20(29-12-19)15-37-27-31-23(16-38-27)17-5-8-32(9-6-17)14-25-30-22-4-1-18(26(34)35)11-24(22)33(25)13-21-7-10-36-21/h1-5,11-12,16,21H,6-10,13-15H2,(H,34,35). The number of hydrogen-bond acceptors (Lipinski definition) is 8. The number of carboxylic acid groups (broad SMARTS) is 1. The number of carbonyl (C=O) groups is 1. The molecule has 9 nitrogen and oxygen atoms in total. The molecule has 0 saturated carbocycles. The van der Waals surface area contributed by atoms with Gasteiger partial charge in [-0.25, -0.2) is 14.8 Å². The van der Waals surface area contributed by atoms with Crippen LogP contribution in [-0.2, 0) is 24.4 Å². The number of rotatable bonds is 9. The number of pyridine rings is 1. The van der Waals surface area contributed by atoms with Crippen molar-refractivity contribution in [1.29, 1.82) is 0 Å². The van der Waals surface area contributed by atoms with Gasteiger partial charge >= 0.3 is 5.97 Å². The van der Waals surface area contributed by atoms with Crippen LogP contribution in [0, 0.1) is 0 Å². The van der Waals surface area contributed by atoms with Gasteiger partial charge in [-0.3, -0.25) is 9.88 Å². The normalized spacial score (nSPS) is 17.8. The largest absolute Gasteiger partial charge is 0.478 e. The Balaban J connectivity index is 1.13. The summed E-state index contributed by atoms with van der Waals surface area (Å²) in [4.78, 5) is 27.7. The Bertz CT molecular complexity index is 1500. The number of thiazole rings is 1. The second-order valence-corrected chi connectivity index (χ2v) is 10.7. The van der Waals surface area contributed by atoms with E-state index in [1.54, 1.807) is 30.5 Å². The Kier molecular flexibility index (Phi) is 7.12. The first-order valence-electron chi connectivity index (χ1n) is 12.5. The van der Waals surface area contributed by atoms with E-state index in [9.17, 15) is 9.90 Å². The highest BCUT2D eigenvalue weighted by molar-refractivity contribution is 7.11. The highest BCUT2D eigenvalue weighted by Crippen LogP contribution is 2.29. The minimum atomic E-state index is -0.938. The van der Waals surface area contributed by atoms with Crippen LogP contribution in [0.1, 0.15) is 40.4 Å². The number of halogens is 1. The minimum absolute atomic E-state index is 0.143. The fourth-order valence-corrected chi connectivity index (χ4v) is 5.45. The summed E-state index contributed by atoms with van der Waals surface area (Å²) in [5.41, 5.74) is 4.87. The highest BCUT2D eigenvalue weighted by Gasteiger charge is 2.24. The lowest BCUT2D eigenvalue weighted by molar-refractivity contribution is -0.0591. The van der Waals surface area contributed by atoms with Gasteiger partial charge in [0.15, 0.2) is 0 Å². The molecule has 1 N–H and O–H groups in total. The maximum Gasteiger partial charge on any atom is 0.335 e. The number of aromatic nitrogens is 4. The van der Waals surface area contributed by atoms with E-state index in [1.807, 2.05) is 11.4 Å². The van der Waals surface area contributed by atoms with Crippen molar-refractivity contribution >= 4 is 45.5 Å². The Morgan fingerprint density at radius 3 is 2.87 bits per heavy atom. The van der Waals surface area contributed by atoms with E-state index >= 15 is 0 Å². The van der Waals surface area contributed by atoms with E-state index in [1.165, 1.54) is 16.9 Å². The first-order valence-corrected chi connectivity index (χ1v) is 13.7. The van der Waals surface area contributed by atoms with Gasteiger partial charge in [-0.05, 0) is 48.7 Å². The van der Waals surface area contributed by atoms with Gasteiger partial charge in [0.05, 0.1) is 52.2 Å². The molecular formula is C27H26ClN5O4S. The summed E-state index contributed by atoms with van der Waals surface area (Å²) in [6.07, 6.45) is 5.84. The molecule has 5 heterocycles. The van der Waals surface area contributed by atoms with E-state index in [4.69, 9.17) is 26.1 Å². The lowest BCUT2D eigenvalue weighted by Crippen LogP contribution is -2.33. The lowest BCUT2D eigenvalue weighted by atomic mass is 10.1. The van der Waals surface area contributed by atoms with Crippen LogP contribution in [0.4, 0.5) is 0 Å². The Labute approximate surface area is 228 Å². The van der Waals surface area contributed by atoms with E-state index < -0.39 is 5.97 Å². The van der Waals surface area contributed by atoms with Crippen LogP contribution < -0.4 is 4.74 Å². The molecule has 196 valence electrons. The summed E-state index contributed by atoms with van der Waals surface area (Å²) < 4.78 is 13.6. The molecule has 0 aliphatic carbocycles. The van der Waals surface area contributed by atoms with Gasteiger partial charge in [-0.2, -0.15) is 0 Å². The number of aromatic carboxylic acids is 1. The van der Waals surface area contributed by atoms with Crippen LogP contribution in [0.25, 0.3) is 16.6 Å². The third kappa shape index (κ3) is 5.44. The van der Waals surface area contributed by atoms with Gasteiger partial charge in [0.25, 0.3) is 5.19 Å². The maximum absolute atomic E-state index is 11.5. The molecule has 1 unspecified atom stereocenters. The molecule has 0 amide bonds. The summed E-state index contributed by atoms with van der Waals surface area (Å²) >= 11 is 7.37. The van der Waals surface area contributed by atoms with E-state index in [0.29, 0.717) is 29.9 Å². The van der Waals surface area contributed by atoms with Crippen molar-refractivity contribution < 1.29 is 19.4 Å². The van der Waals surface area contributed by atoms with Crippen LogP contribution >= 0.6 is 22.9 Å². The first-order chi connectivity index (χ1) is 18.5. The number of fused-ring (bicyclic) bond motifs is 1. The predicted octanol–water partition coefficient (Wildman–Crippen LogP) is 4.90. The Hall–Kier alpha value is -3.31. The zero-order valence-electron chi connectivity index (χ0n) is 20.5. The number of ether oxygens (including phenoxy) is 2. The third-order valence-corrected chi connectivity index (χ3v) is 7.83. The average Bonchev–Trinajstić information content (AvgIpc) is 3.50. The molecule has 2 aliphatic rings. The molecule has 2 aliphatic heterocycles. The van der Waals surface area contributed by atoms with Gasteiger partial charge < -0.3 is 19.1 Å². The van der Waals surface area contributed by atoms with Crippen LogP contribution in [0.3, 0.4) is 0 Å². The molecule has 0 radical (unpaired) electrons. The maximum atomic E-state index is 11.5. The van der Waals surface area contributed by atoms with Crippen molar-refractivity contribution in [2.24, 2.45) is 0 Å². The summed E-state index contributed by atoms with van der Waals surface area (Å²) in [6.45, 7) is 4.12. The number of hydrogen-bond donors (Lipinski definition) is 1. The molecule has 4 aromatic rings. The number of imidazole rings is 1. The minimum Gasteiger partial charge on any atom is -0.478 e. The van der Waals surface area contributed by atoms with Crippen molar-refractivity contribution in [2.45, 2.75) is 38.6 Å².